The molecule has 4 aromatic rings. The second-order valence-corrected chi connectivity index (χ2v) is 9.70. The van der Waals surface area contributed by atoms with E-state index in [0.29, 0.717) is 23.8 Å². The van der Waals surface area contributed by atoms with Gasteiger partial charge in [0.05, 0.1) is 5.56 Å². The molecular formula is C26H28N8O. The SMILES string of the molecule is CCn1c(-c2cnc(C)nc2)nc2c(-c3ccc4c(c3)[C@@](C)(N[C@@H](C)C3CC3)C(=O)N4)ncnc21. The minimum Gasteiger partial charge on any atom is -0.324 e. The van der Waals surface area contributed by atoms with Gasteiger partial charge in [-0.3, -0.25) is 10.1 Å². The number of carbonyl (C=O) groups is 1. The normalized spacial score (nSPS) is 20.2. The molecule has 0 saturated heterocycles. The summed E-state index contributed by atoms with van der Waals surface area (Å²) in [7, 11) is 0. The van der Waals surface area contributed by atoms with E-state index in [2.05, 4.69) is 55.1 Å². The average Bonchev–Trinajstić information content (AvgIpc) is 3.60. The van der Waals surface area contributed by atoms with Crippen LogP contribution in [-0.4, -0.2) is 41.4 Å². The Morgan fingerprint density at radius 1 is 1.17 bits per heavy atom. The Morgan fingerprint density at radius 3 is 2.66 bits per heavy atom. The van der Waals surface area contributed by atoms with E-state index in [0.717, 1.165) is 39.5 Å². The molecule has 1 saturated carbocycles. The summed E-state index contributed by atoms with van der Waals surface area (Å²) in [5.74, 6) is 2.08. The number of nitrogens with one attached hydrogen (secondary N) is 2. The van der Waals surface area contributed by atoms with Gasteiger partial charge in [-0.15, -0.1) is 0 Å². The number of benzene rings is 1. The molecule has 0 unspecified atom stereocenters. The third-order valence-corrected chi connectivity index (χ3v) is 7.27. The van der Waals surface area contributed by atoms with Crippen LogP contribution in [0, 0.1) is 12.8 Å². The fourth-order valence-corrected chi connectivity index (χ4v) is 5.07. The van der Waals surface area contributed by atoms with Gasteiger partial charge in [0.25, 0.3) is 0 Å². The predicted octanol–water partition coefficient (Wildman–Crippen LogP) is 3.83. The van der Waals surface area contributed by atoms with Gasteiger partial charge in [0.2, 0.25) is 5.91 Å². The van der Waals surface area contributed by atoms with Gasteiger partial charge in [-0.25, -0.2) is 24.9 Å². The molecule has 1 fully saturated rings. The maximum Gasteiger partial charge on any atom is 0.249 e. The number of carbonyl (C=O) groups excluding carboxylic acids is 1. The third-order valence-electron chi connectivity index (χ3n) is 7.27. The van der Waals surface area contributed by atoms with Crippen LogP contribution in [0.3, 0.4) is 0 Å². The number of anilines is 1. The number of imidazole rings is 1. The van der Waals surface area contributed by atoms with Gasteiger partial charge in [-0.05, 0) is 58.6 Å². The first-order valence-corrected chi connectivity index (χ1v) is 12.1. The van der Waals surface area contributed by atoms with Crippen LogP contribution < -0.4 is 10.6 Å². The van der Waals surface area contributed by atoms with Crippen LogP contribution in [-0.2, 0) is 16.9 Å². The molecule has 9 nitrogen and oxygen atoms in total. The van der Waals surface area contributed by atoms with Crippen molar-refractivity contribution >= 4 is 22.8 Å². The lowest BCUT2D eigenvalue weighted by Gasteiger charge is -2.28. The van der Waals surface area contributed by atoms with Crippen LogP contribution in [0.15, 0.2) is 36.9 Å². The molecule has 35 heavy (non-hydrogen) atoms. The highest BCUT2D eigenvalue weighted by molar-refractivity contribution is 6.06. The topological polar surface area (TPSA) is 111 Å². The number of nitrogens with zero attached hydrogens (tertiary/aromatic N) is 6. The number of amides is 1. The fourth-order valence-electron chi connectivity index (χ4n) is 5.07. The number of hydrogen-bond acceptors (Lipinski definition) is 7. The van der Waals surface area contributed by atoms with Crippen LogP contribution in [0.5, 0.6) is 0 Å². The Labute approximate surface area is 203 Å². The quantitative estimate of drug-likeness (QED) is 0.442. The van der Waals surface area contributed by atoms with Crippen LogP contribution in [0.25, 0.3) is 33.8 Å². The third kappa shape index (κ3) is 3.49. The summed E-state index contributed by atoms with van der Waals surface area (Å²) in [5, 5.41) is 6.66. The van der Waals surface area contributed by atoms with E-state index in [1.54, 1.807) is 18.7 Å². The van der Waals surface area contributed by atoms with Gasteiger partial charge < -0.3 is 9.88 Å². The van der Waals surface area contributed by atoms with Gasteiger partial charge >= 0.3 is 0 Å². The van der Waals surface area contributed by atoms with Gasteiger partial charge in [0.1, 0.15) is 34.7 Å². The lowest BCUT2D eigenvalue weighted by Crippen LogP contribution is -2.50. The molecule has 0 bridgehead atoms. The molecule has 4 heterocycles. The fraction of sp³-hybridized carbons (Fsp3) is 0.385. The van der Waals surface area contributed by atoms with E-state index in [-0.39, 0.29) is 11.9 Å². The smallest absolute Gasteiger partial charge is 0.249 e. The molecule has 9 heteroatoms. The lowest BCUT2D eigenvalue weighted by atomic mass is 9.90. The van der Waals surface area contributed by atoms with E-state index in [1.807, 2.05) is 26.0 Å². The van der Waals surface area contributed by atoms with Crippen molar-refractivity contribution in [2.24, 2.45) is 5.92 Å². The molecule has 1 aliphatic carbocycles. The van der Waals surface area contributed by atoms with E-state index in [1.165, 1.54) is 12.8 Å². The summed E-state index contributed by atoms with van der Waals surface area (Å²) in [6, 6.07) is 6.26. The molecule has 1 aromatic carbocycles. The van der Waals surface area contributed by atoms with E-state index >= 15 is 0 Å². The number of hydrogen-bond donors (Lipinski definition) is 2. The van der Waals surface area contributed by atoms with Crippen molar-refractivity contribution in [1.82, 2.24) is 34.8 Å². The Hall–Kier alpha value is -3.72. The molecule has 1 amide bonds. The molecule has 0 spiro atoms. The molecular weight excluding hydrogens is 440 g/mol. The van der Waals surface area contributed by atoms with Gasteiger partial charge in [-0.1, -0.05) is 6.07 Å². The number of rotatable bonds is 6. The first-order valence-electron chi connectivity index (χ1n) is 12.1. The number of aromatic nitrogens is 6. The van der Waals surface area contributed by atoms with E-state index < -0.39 is 5.54 Å². The van der Waals surface area contributed by atoms with Crippen molar-refractivity contribution in [3.63, 3.8) is 0 Å². The zero-order valence-corrected chi connectivity index (χ0v) is 20.3. The molecule has 2 N–H and O–H groups in total. The predicted molar refractivity (Wildman–Crippen MR) is 133 cm³/mol. The highest BCUT2D eigenvalue weighted by Gasteiger charge is 2.45. The molecule has 0 radical (unpaired) electrons. The van der Waals surface area contributed by atoms with Gasteiger partial charge in [-0.2, -0.15) is 0 Å². The largest absolute Gasteiger partial charge is 0.324 e. The number of fused-ring (bicyclic) bond motifs is 2. The van der Waals surface area contributed by atoms with Crippen molar-refractivity contribution in [3.05, 3.63) is 48.3 Å². The van der Waals surface area contributed by atoms with Crippen molar-refractivity contribution in [3.8, 4) is 22.6 Å². The van der Waals surface area contributed by atoms with Crippen LogP contribution >= 0.6 is 0 Å². The Balaban J connectivity index is 1.47. The van der Waals surface area contributed by atoms with E-state index in [9.17, 15) is 4.79 Å². The second kappa shape index (κ2) is 7.91. The lowest BCUT2D eigenvalue weighted by molar-refractivity contribution is -0.121. The van der Waals surface area contributed by atoms with Crippen molar-refractivity contribution in [2.45, 2.75) is 58.7 Å². The van der Waals surface area contributed by atoms with Crippen molar-refractivity contribution in [1.29, 1.82) is 0 Å². The summed E-state index contributed by atoms with van der Waals surface area (Å²) in [4.78, 5) is 35.8. The zero-order valence-electron chi connectivity index (χ0n) is 20.3. The highest BCUT2D eigenvalue weighted by Crippen LogP contribution is 2.41. The molecule has 1 aliphatic heterocycles. The first kappa shape index (κ1) is 21.8. The standard InChI is InChI=1S/C26H28N8O/c1-5-34-23(18-11-27-15(3)28-12-18)32-22-21(29-13-30-24(22)34)17-8-9-20-19(10-17)26(4,25(35)31-20)33-14(2)16-6-7-16/h8-14,16,33H,5-7H2,1-4H3,(H,31,35)/t14-,26+/m0/s1. The van der Waals surface area contributed by atoms with Gasteiger partial charge in [0, 0.05) is 41.8 Å². The van der Waals surface area contributed by atoms with Crippen LogP contribution in [0.1, 0.15) is 45.0 Å². The maximum atomic E-state index is 13.0. The summed E-state index contributed by atoms with van der Waals surface area (Å²) in [6.45, 7) is 8.75. The zero-order chi connectivity index (χ0) is 24.3. The van der Waals surface area contributed by atoms with Crippen molar-refractivity contribution in [2.75, 3.05) is 5.32 Å². The summed E-state index contributed by atoms with van der Waals surface area (Å²) in [5.41, 5.74) is 4.89. The molecule has 3 aromatic heterocycles. The second-order valence-electron chi connectivity index (χ2n) is 9.70. The summed E-state index contributed by atoms with van der Waals surface area (Å²) in [6.07, 6.45) is 7.57. The molecule has 2 atom stereocenters. The monoisotopic (exact) mass is 468 g/mol. The Bertz CT molecular complexity index is 1460. The van der Waals surface area contributed by atoms with Crippen molar-refractivity contribution < 1.29 is 4.79 Å². The molecule has 6 rings (SSSR count). The van der Waals surface area contributed by atoms with Crippen LogP contribution in [0.4, 0.5) is 5.69 Å². The van der Waals surface area contributed by atoms with Gasteiger partial charge in [0.15, 0.2) is 5.65 Å². The highest BCUT2D eigenvalue weighted by atomic mass is 16.2. The Kier molecular flexibility index (Phi) is 4.93. The molecule has 2 aliphatic rings. The minimum absolute atomic E-state index is 0.0260. The average molecular weight is 469 g/mol. The first-order chi connectivity index (χ1) is 16.9. The number of aryl methyl sites for hydroxylation is 2. The van der Waals surface area contributed by atoms with E-state index in [4.69, 9.17) is 4.98 Å². The maximum absolute atomic E-state index is 13.0. The summed E-state index contributed by atoms with van der Waals surface area (Å²) >= 11 is 0. The minimum atomic E-state index is -0.799. The molecule has 178 valence electrons. The Morgan fingerprint density at radius 2 is 1.94 bits per heavy atom. The van der Waals surface area contributed by atoms with Crippen LogP contribution in [0.2, 0.25) is 0 Å². The summed E-state index contributed by atoms with van der Waals surface area (Å²) < 4.78 is 2.05.